The Balaban J connectivity index is 1.79. The van der Waals surface area contributed by atoms with Gasteiger partial charge in [0, 0.05) is 25.2 Å². The van der Waals surface area contributed by atoms with Crippen LogP contribution in [0.1, 0.15) is 18.9 Å². The van der Waals surface area contributed by atoms with Crippen LogP contribution in [0.5, 0.6) is 5.75 Å². The molecule has 0 aliphatic carbocycles. The number of carbonyl (C=O) groups excluding carboxylic acids is 1. The highest BCUT2D eigenvalue weighted by atomic mass is 16.5. The van der Waals surface area contributed by atoms with Crippen molar-refractivity contribution in [1.29, 1.82) is 0 Å². The summed E-state index contributed by atoms with van der Waals surface area (Å²) >= 11 is 0. The van der Waals surface area contributed by atoms with Crippen molar-refractivity contribution in [3.63, 3.8) is 0 Å². The molecule has 0 spiro atoms. The molecule has 1 amide bonds. The Morgan fingerprint density at radius 2 is 2.14 bits per heavy atom. The van der Waals surface area contributed by atoms with Crippen molar-refractivity contribution < 1.29 is 9.53 Å². The maximum absolute atomic E-state index is 11.3. The van der Waals surface area contributed by atoms with E-state index in [9.17, 15) is 4.79 Å². The molecule has 0 radical (unpaired) electrons. The number of ether oxygens (including phenoxy) is 1. The molecule has 2 aromatic rings. The maximum Gasteiger partial charge on any atom is 0.219 e. The summed E-state index contributed by atoms with van der Waals surface area (Å²) in [5.41, 5.74) is 2.04. The number of nitrogens with zero attached hydrogens (tertiary/aromatic N) is 2. The summed E-state index contributed by atoms with van der Waals surface area (Å²) in [6.07, 6.45) is 4.69. The Kier molecular flexibility index (Phi) is 3.81. The van der Waals surface area contributed by atoms with E-state index < -0.39 is 0 Å². The molecule has 0 bridgehead atoms. The van der Waals surface area contributed by atoms with Crippen LogP contribution in [0.2, 0.25) is 0 Å². The van der Waals surface area contributed by atoms with E-state index in [0.29, 0.717) is 18.8 Å². The second-order valence-corrected chi connectivity index (χ2v) is 4.97. The van der Waals surface area contributed by atoms with E-state index in [1.165, 1.54) is 0 Å². The first-order valence-corrected chi connectivity index (χ1v) is 7.10. The summed E-state index contributed by atoms with van der Waals surface area (Å²) in [5.74, 6) is 1.54. The van der Waals surface area contributed by atoms with Gasteiger partial charge in [0.2, 0.25) is 5.91 Å². The number of aromatic nitrogens is 2. The minimum atomic E-state index is -0.0274. The molecule has 3 rings (SSSR count). The van der Waals surface area contributed by atoms with Gasteiger partial charge in [0.15, 0.2) is 5.82 Å². The lowest BCUT2D eigenvalue weighted by Gasteiger charge is -2.12. The quantitative estimate of drug-likeness (QED) is 0.931. The number of carbonyl (C=O) groups is 1. The third-order valence-electron chi connectivity index (χ3n) is 3.48. The van der Waals surface area contributed by atoms with E-state index in [-0.39, 0.29) is 12.0 Å². The number of rotatable bonds is 4. The molecule has 1 aliphatic heterocycles. The van der Waals surface area contributed by atoms with Gasteiger partial charge in [-0.05, 0) is 17.7 Å². The SMILES string of the molecule is CCC(=O)NC[C@@H]1Cc2cccc(-c3ncccn3)c2O1. The van der Waals surface area contributed by atoms with Gasteiger partial charge in [0.1, 0.15) is 11.9 Å². The van der Waals surface area contributed by atoms with Gasteiger partial charge in [-0.25, -0.2) is 9.97 Å². The number of para-hydroxylation sites is 1. The molecule has 2 heterocycles. The first kappa shape index (κ1) is 13.5. The van der Waals surface area contributed by atoms with Crippen LogP contribution in [0, 0.1) is 0 Å². The first-order chi connectivity index (χ1) is 10.3. The molecule has 5 heteroatoms. The van der Waals surface area contributed by atoms with Gasteiger partial charge >= 0.3 is 0 Å². The molecule has 1 aromatic heterocycles. The van der Waals surface area contributed by atoms with Gasteiger partial charge in [-0.1, -0.05) is 19.1 Å². The van der Waals surface area contributed by atoms with Crippen LogP contribution in [0.15, 0.2) is 36.7 Å². The second kappa shape index (κ2) is 5.91. The van der Waals surface area contributed by atoms with Gasteiger partial charge in [0.05, 0.1) is 12.1 Å². The summed E-state index contributed by atoms with van der Waals surface area (Å²) < 4.78 is 5.99. The Labute approximate surface area is 123 Å². The topological polar surface area (TPSA) is 64.1 Å². The maximum atomic E-state index is 11.3. The average Bonchev–Trinajstić information content (AvgIpc) is 2.96. The fourth-order valence-corrected chi connectivity index (χ4v) is 2.42. The van der Waals surface area contributed by atoms with Crippen LogP contribution < -0.4 is 10.1 Å². The summed E-state index contributed by atoms with van der Waals surface area (Å²) in [7, 11) is 0. The van der Waals surface area contributed by atoms with E-state index in [0.717, 1.165) is 23.3 Å². The van der Waals surface area contributed by atoms with Crippen molar-refractivity contribution in [2.45, 2.75) is 25.9 Å². The molecule has 1 N–H and O–H groups in total. The molecule has 1 aromatic carbocycles. The van der Waals surface area contributed by atoms with Crippen molar-refractivity contribution in [1.82, 2.24) is 15.3 Å². The number of amides is 1. The Morgan fingerprint density at radius 1 is 1.33 bits per heavy atom. The van der Waals surface area contributed by atoms with Gasteiger partial charge < -0.3 is 10.1 Å². The Hall–Kier alpha value is -2.43. The number of nitrogens with one attached hydrogen (secondary N) is 1. The molecule has 0 saturated heterocycles. The van der Waals surface area contributed by atoms with Crippen molar-refractivity contribution in [2.75, 3.05) is 6.54 Å². The largest absolute Gasteiger partial charge is 0.487 e. The van der Waals surface area contributed by atoms with Gasteiger partial charge in [-0.3, -0.25) is 4.79 Å². The minimum Gasteiger partial charge on any atom is -0.487 e. The zero-order valence-electron chi connectivity index (χ0n) is 11.9. The molecule has 0 unspecified atom stereocenters. The van der Waals surface area contributed by atoms with E-state index in [1.54, 1.807) is 18.5 Å². The van der Waals surface area contributed by atoms with Crippen molar-refractivity contribution in [3.8, 4) is 17.1 Å². The molecule has 21 heavy (non-hydrogen) atoms. The smallest absolute Gasteiger partial charge is 0.219 e. The fourth-order valence-electron chi connectivity index (χ4n) is 2.42. The highest BCUT2D eigenvalue weighted by Crippen LogP contribution is 2.37. The molecule has 108 valence electrons. The standard InChI is InChI=1S/C16H17N3O2/c1-2-14(20)19-10-12-9-11-5-3-6-13(15(11)21-12)16-17-7-4-8-18-16/h3-8,12H,2,9-10H2,1H3,(H,19,20)/t12-/m0/s1. The molecule has 1 aliphatic rings. The lowest BCUT2D eigenvalue weighted by molar-refractivity contribution is -0.121. The summed E-state index contributed by atoms with van der Waals surface area (Å²) in [4.78, 5) is 19.9. The van der Waals surface area contributed by atoms with E-state index in [4.69, 9.17) is 4.74 Å². The van der Waals surface area contributed by atoms with E-state index in [2.05, 4.69) is 15.3 Å². The van der Waals surface area contributed by atoms with Gasteiger partial charge in [0.25, 0.3) is 0 Å². The number of fused-ring (bicyclic) bond motifs is 1. The van der Waals surface area contributed by atoms with Crippen molar-refractivity contribution in [3.05, 3.63) is 42.2 Å². The van der Waals surface area contributed by atoms with Crippen molar-refractivity contribution >= 4 is 5.91 Å². The lowest BCUT2D eigenvalue weighted by Crippen LogP contribution is -2.33. The van der Waals surface area contributed by atoms with E-state index >= 15 is 0 Å². The molecule has 1 atom stereocenters. The van der Waals surface area contributed by atoms with Crippen LogP contribution in [0.4, 0.5) is 0 Å². The zero-order valence-corrected chi connectivity index (χ0v) is 11.9. The molecule has 0 fully saturated rings. The Morgan fingerprint density at radius 3 is 2.90 bits per heavy atom. The fraction of sp³-hybridized carbons (Fsp3) is 0.312. The molecule has 0 saturated carbocycles. The minimum absolute atomic E-state index is 0.0274. The third kappa shape index (κ3) is 2.86. The lowest BCUT2D eigenvalue weighted by atomic mass is 10.1. The summed E-state index contributed by atoms with van der Waals surface area (Å²) in [6, 6.07) is 7.78. The summed E-state index contributed by atoms with van der Waals surface area (Å²) in [6.45, 7) is 2.36. The van der Waals surface area contributed by atoms with E-state index in [1.807, 2.05) is 25.1 Å². The predicted octanol–water partition coefficient (Wildman–Crippen LogP) is 1.97. The van der Waals surface area contributed by atoms with Gasteiger partial charge in [-0.2, -0.15) is 0 Å². The highest BCUT2D eigenvalue weighted by Gasteiger charge is 2.26. The second-order valence-electron chi connectivity index (χ2n) is 4.97. The monoisotopic (exact) mass is 283 g/mol. The van der Waals surface area contributed by atoms with Crippen LogP contribution in [-0.2, 0) is 11.2 Å². The molecule has 5 nitrogen and oxygen atoms in total. The van der Waals surface area contributed by atoms with Gasteiger partial charge in [-0.15, -0.1) is 0 Å². The molecular weight excluding hydrogens is 266 g/mol. The average molecular weight is 283 g/mol. The zero-order chi connectivity index (χ0) is 14.7. The third-order valence-corrected chi connectivity index (χ3v) is 3.48. The van der Waals surface area contributed by atoms with Crippen LogP contribution in [0.3, 0.4) is 0 Å². The first-order valence-electron chi connectivity index (χ1n) is 7.10. The van der Waals surface area contributed by atoms with Crippen LogP contribution in [0.25, 0.3) is 11.4 Å². The summed E-state index contributed by atoms with van der Waals surface area (Å²) in [5, 5.41) is 2.87. The predicted molar refractivity (Wildman–Crippen MR) is 78.9 cm³/mol. The van der Waals surface area contributed by atoms with Crippen LogP contribution >= 0.6 is 0 Å². The number of hydrogen-bond donors (Lipinski definition) is 1. The van der Waals surface area contributed by atoms with Crippen molar-refractivity contribution in [2.24, 2.45) is 0 Å². The molecular formula is C16H17N3O2. The highest BCUT2D eigenvalue weighted by molar-refractivity contribution is 5.75. The van der Waals surface area contributed by atoms with Crippen LogP contribution in [-0.4, -0.2) is 28.5 Å². The Bertz CT molecular complexity index is 643. The normalized spacial score (nSPS) is 16.1. The number of hydrogen-bond acceptors (Lipinski definition) is 4. The number of benzene rings is 1.